The van der Waals surface area contributed by atoms with Crippen molar-refractivity contribution >= 4 is 59.5 Å². The molecule has 0 fully saturated rings. The van der Waals surface area contributed by atoms with E-state index in [9.17, 15) is 0 Å². The van der Waals surface area contributed by atoms with Crippen molar-refractivity contribution in [3.8, 4) is 0 Å². The van der Waals surface area contributed by atoms with Crippen molar-refractivity contribution in [2.45, 2.75) is 26.3 Å². The summed E-state index contributed by atoms with van der Waals surface area (Å²) in [4.78, 5) is 0. The standard InChI is InChI=1S/C4H11Cl4NSi2/c1-3-4(2)9(10(5)6)11(7)8/h4,10-11H,3H2,1-2H3. The molecular formula is C4H11Cl4NSi2. The van der Waals surface area contributed by atoms with E-state index in [2.05, 4.69) is 6.92 Å². The lowest BCUT2D eigenvalue weighted by Gasteiger charge is -2.28. The van der Waals surface area contributed by atoms with Gasteiger partial charge in [-0.05, 0) is 12.5 Å². The third kappa shape index (κ3) is 4.36. The summed E-state index contributed by atoms with van der Waals surface area (Å²) in [6.45, 7) is 4.10. The minimum Gasteiger partial charge on any atom is -0.300 e. The Balaban J connectivity index is 4.09. The molecule has 0 saturated heterocycles. The van der Waals surface area contributed by atoms with Gasteiger partial charge in [-0.1, -0.05) is 13.8 Å². The van der Waals surface area contributed by atoms with Crippen LogP contribution in [0.4, 0.5) is 0 Å². The van der Waals surface area contributed by atoms with Gasteiger partial charge >= 0.3 is 15.2 Å². The van der Waals surface area contributed by atoms with Gasteiger partial charge in [0.1, 0.15) is 0 Å². The molecule has 0 spiro atoms. The van der Waals surface area contributed by atoms with Gasteiger partial charge < -0.3 is 4.23 Å². The van der Waals surface area contributed by atoms with Gasteiger partial charge in [0.25, 0.3) is 0 Å². The van der Waals surface area contributed by atoms with E-state index in [0.717, 1.165) is 6.42 Å². The number of hydrogen-bond donors (Lipinski definition) is 0. The van der Waals surface area contributed by atoms with Crippen molar-refractivity contribution in [1.29, 1.82) is 0 Å². The fourth-order valence-electron chi connectivity index (χ4n) is 0.681. The minimum atomic E-state index is -1.84. The van der Waals surface area contributed by atoms with Crippen molar-refractivity contribution in [2.24, 2.45) is 0 Å². The lowest BCUT2D eigenvalue weighted by Crippen LogP contribution is -2.44. The molecule has 1 atom stereocenters. The summed E-state index contributed by atoms with van der Waals surface area (Å²) in [5.41, 5.74) is 0. The van der Waals surface area contributed by atoms with E-state index in [-0.39, 0.29) is 0 Å². The number of halogens is 4. The molecule has 68 valence electrons. The third-order valence-corrected chi connectivity index (χ3v) is 10.2. The highest BCUT2D eigenvalue weighted by Crippen LogP contribution is 2.18. The maximum absolute atomic E-state index is 5.81. The Hall–Kier alpha value is 1.55. The minimum absolute atomic E-state index is 0.313. The molecule has 0 heterocycles. The molecule has 0 aliphatic rings. The van der Waals surface area contributed by atoms with Crippen LogP contribution in [0.3, 0.4) is 0 Å². The Morgan fingerprint density at radius 1 is 1.18 bits per heavy atom. The maximum atomic E-state index is 5.81. The summed E-state index contributed by atoms with van der Waals surface area (Å²) in [6.07, 6.45) is 0.978. The molecule has 0 aromatic carbocycles. The highest BCUT2D eigenvalue weighted by Gasteiger charge is 2.27. The number of rotatable bonds is 4. The Kier molecular flexibility index (Phi) is 6.93. The molecule has 11 heavy (non-hydrogen) atoms. The molecule has 7 heteroatoms. The van der Waals surface area contributed by atoms with Crippen LogP contribution in [0.1, 0.15) is 20.3 Å². The van der Waals surface area contributed by atoms with Gasteiger partial charge in [0, 0.05) is 0 Å². The summed E-state index contributed by atoms with van der Waals surface area (Å²) >= 11 is 23.2. The van der Waals surface area contributed by atoms with Crippen molar-refractivity contribution < 1.29 is 0 Å². The highest BCUT2D eigenvalue weighted by molar-refractivity contribution is 7.42. The summed E-state index contributed by atoms with van der Waals surface area (Å²) in [7, 11) is -3.69. The maximum Gasteiger partial charge on any atom is 0.304 e. The zero-order valence-electron chi connectivity index (χ0n) is 6.40. The Morgan fingerprint density at radius 3 is 1.64 bits per heavy atom. The van der Waals surface area contributed by atoms with Crippen LogP contribution < -0.4 is 0 Å². The quantitative estimate of drug-likeness (QED) is 0.561. The van der Waals surface area contributed by atoms with E-state index >= 15 is 0 Å². The Labute approximate surface area is 89.7 Å². The van der Waals surface area contributed by atoms with Crippen molar-refractivity contribution in [3.05, 3.63) is 0 Å². The monoisotopic (exact) mass is 269 g/mol. The molecule has 0 saturated carbocycles. The van der Waals surface area contributed by atoms with E-state index in [1.807, 2.05) is 11.2 Å². The molecule has 0 aliphatic heterocycles. The van der Waals surface area contributed by atoms with E-state index in [1.54, 1.807) is 0 Å². The fraction of sp³-hybridized carbons (Fsp3) is 1.00. The molecule has 0 amide bonds. The van der Waals surface area contributed by atoms with E-state index < -0.39 is 15.2 Å². The smallest absolute Gasteiger partial charge is 0.300 e. The van der Waals surface area contributed by atoms with Gasteiger partial charge in [-0.25, -0.2) is 0 Å². The van der Waals surface area contributed by atoms with Crippen LogP contribution in [0.25, 0.3) is 0 Å². The second-order valence-electron chi connectivity index (χ2n) is 2.26. The number of hydrogen-bond acceptors (Lipinski definition) is 1. The zero-order valence-corrected chi connectivity index (χ0v) is 11.7. The van der Waals surface area contributed by atoms with Crippen LogP contribution in [0.5, 0.6) is 0 Å². The van der Waals surface area contributed by atoms with Gasteiger partial charge in [0.05, 0.1) is 0 Å². The first-order chi connectivity index (χ1) is 5.00. The lowest BCUT2D eigenvalue weighted by molar-refractivity contribution is 0.498. The predicted molar refractivity (Wildman–Crippen MR) is 59.3 cm³/mol. The topological polar surface area (TPSA) is 3.24 Å². The molecule has 0 rings (SSSR count). The van der Waals surface area contributed by atoms with Gasteiger partial charge in [-0.2, -0.15) is 0 Å². The van der Waals surface area contributed by atoms with E-state index in [0.29, 0.717) is 6.04 Å². The SMILES string of the molecule is CCC(C)N([SiH](Cl)Cl)[SiH](Cl)Cl. The third-order valence-electron chi connectivity index (χ3n) is 1.55. The first-order valence-corrected chi connectivity index (χ1v) is 11.4. The van der Waals surface area contributed by atoms with E-state index in [4.69, 9.17) is 44.3 Å². The molecule has 0 bridgehead atoms. The molecule has 0 aromatic rings. The molecule has 1 unspecified atom stereocenters. The average Bonchev–Trinajstić information content (AvgIpc) is 1.85. The largest absolute Gasteiger partial charge is 0.304 e. The second kappa shape index (κ2) is 6.08. The summed E-state index contributed by atoms with van der Waals surface area (Å²) < 4.78 is 1.90. The molecule has 0 N–H and O–H groups in total. The highest BCUT2D eigenvalue weighted by atomic mass is 35.7. The second-order valence-corrected chi connectivity index (χ2v) is 11.5. The van der Waals surface area contributed by atoms with Crippen LogP contribution in [0.2, 0.25) is 0 Å². The van der Waals surface area contributed by atoms with Crippen LogP contribution >= 0.6 is 44.3 Å². The zero-order chi connectivity index (χ0) is 9.02. The van der Waals surface area contributed by atoms with Crippen LogP contribution in [0.15, 0.2) is 0 Å². The summed E-state index contributed by atoms with van der Waals surface area (Å²) in [5.74, 6) is 0. The lowest BCUT2D eigenvalue weighted by atomic mass is 10.3. The van der Waals surface area contributed by atoms with Crippen LogP contribution in [0, 0.1) is 0 Å². The molecule has 0 aromatic heterocycles. The van der Waals surface area contributed by atoms with Crippen LogP contribution in [-0.4, -0.2) is 25.4 Å². The molecule has 1 nitrogen and oxygen atoms in total. The average molecular weight is 271 g/mol. The summed E-state index contributed by atoms with van der Waals surface area (Å²) in [6, 6.07) is 0.313. The molecule has 0 aliphatic carbocycles. The van der Waals surface area contributed by atoms with E-state index in [1.165, 1.54) is 0 Å². The van der Waals surface area contributed by atoms with Gasteiger partial charge in [0.2, 0.25) is 0 Å². The van der Waals surface area contributed by atoms with Crippen molar-refractivity contribution in [3.63, 3.8) is 0 Å². The Morgan fingerprint density at radius 2 is 1.55 bits per heavy atom. The Bertz CT molecular complexity index is 104. The van der Waals surface area contributed by atoms with Gasteiger partial charge in [-0.15, -0.1) is 44.3 Å². The molecule has 0 radical (unpaired) electrons. The number of nitrogens with zero attached hydrogens (tertiary/aromatic N) is 1. The fourth-order valence-corrected chi connectivity index (χ4v) is 11.0. The normalized spacial score (nSPS) is 15.0. The first-order valence-electron chi connectivity index (χ1n) is 3.34. The first kappa shape index (κ1) is 12.6. The van der Waals surface area contributed by atoms with Gasteiger partial charge in [-0.3, -0.25) is 0 Å². The van der Waals surface area contributed by atoms with Crippen molar-refractivity contribution in [2.75, 3.05) is 0 Å². The van der Waals surface area contributed by atoms with Crippen molar-refractivity contribution in [1.82, 2.24) is 4.23 Å². The van der Waals surface area contributed by atoms with Gasteiger partial charge in [0.15, 0.2) is 0 Å². The molecular weight excluding hydrogens is 260 g/mol. The van der Waals surface area contributed by atoms with Crippen LogP contribution in [-0.2, 0) is 0 Å². The predicted octanol–water partition coefficient (Wildman–Crippen LogP) is 2.48. The summed E-state index contributed by atoms with van der Waals surface area (Å²) in [5, 5.41) is 0.